The molecule has 0 saturated carbocycles. The second kappa shape index (κ2) is 3.17. The van der Waals surface area contributed by atoms with Crippen LogP contribution in [0.5, 0.6) is 0 Å². The van der Waals surface area contributed by atoms with Crippen LogP contribution >= 0.6 is 0 Å². The Bertz CT molecular complexity index is 262. The second-order valence-electron chi connectivity index (χ2n) is 2.98. The molecule has 1 rings (SSSR count). The number of carboxylic acid groups (broad SMARTS) is 1. The lowest BCUT2D eigenvalue weighted by molar-refractivity contribution is -0.0246. The number of alkyl halides is 2. The van der Waals surface area contributed by atoms with Crippen molar-refractivity contribution in [2.45, 2.75) is 12.3 Å². The van der Waals surface area contributed by atoms with Crippen molar-refractivity contribution in [2.75, 3.05) is 13.1 Å². The van der Waals surface area contributed by atoms with Gasteiger partial charge in [-0.15, -0.1) is 0 Å². The molecule has 4 nitrogen and oxygen atoms in total. The van der Waals surface area contributed by atoms with E-state index in [0.29, 0.717) is 4.90 Å². The fourth-order valence-electron chi connectivity index (χ4n) is 1.32. The van der Waals surface area contributed by atoms with E-state index in [4.69, 9.17) is 10.4 Å². The van der Waals surface area contributed by atoms with Crippen molar-refractivity contribution in [3.05, 3.63) is 0 Å². The Balaban J connectivity index is 2.69. The highest BCUT2D eigenvalue weighted by Gasteiger charge is 2.49. The van der Waals surface area contributed by atoms with E-state index in [0.717, 1.165) is 0 Å². The summed E-state index contributed by atoms with van der Waals surface area (Å²) >= 11 is 0. The average Bonchev–Trinajstić information content (AvgIpc) is 2.28. The number of likely N-dealkylation sites (tertiary alicyclic amines) is 1. The van der Waals surface area contributed by atoms with E-state index in [1.165, 1.54) is 0 Å². The summed E-state index contributed by atoms with van der Waals surface area (Å²) in [5, 5.41) is 16.7. The smallest absolute Gasteiger partial charge is 0.407 e. The summed E-state index contributed by atoms with van der Waals surface area (Å²) in [4.78, 5) is 11.0. The van der Waals surface area contributed by atoms with Crippen LogP contribution in [0.2, 0.25) is 0 Å². The predicted molar refractivity (Wildman–Crippen MR) is 38.3 cm³/mol. The van der Waals surface area contributed by atoms with Crippen LogP contribution in [0, 0.1) is 17.2 Å². The van der Waals surface area contributed by atoms with Crippen molar-refractivity contribution in [1.29, 1.82) is 5.26 Å². The van der Waals surface area contributed by atoms with E-state index in [9.17, 15) is 13.6 Å². The van der Waals surface area contributed by atoms with E-state index in [1.807, 2.05) is 0 Å². The topological polar surface area (TPSA) is 64.3 Å². The molecule has 13 heavy (non-hydrogen) atoms. The van der Waals surface area contributed by atoms with Crippen LogP contribution in [0.25, 0.3) is 0 Å². The molecule has 6 heteroatoms. The van der Waals surface area contributed by atoms with Crippen molar-refractivity contribution in [3.8, 4) is 6.07 Å². The van der Waals surface area contributed by atoms with Crippen LogP contribution in [0.15, 0.2) is 0 Å². The van der Waals surface area contributed by atoms with Crippen molar-refractivity contribution in [1.82, 2.24) is 4.90 Å². The summed E-state index contributed by atoms with van der Waals surface area (Å²) < 4.78 is 25.9. The van der Waals surface area contributed by atoms with Crippen LogP contribution < -0.4 is 0 Å². The van der Waals surface area contributed by atoms with Gasteiger partial charge in [-0.05, 0) is 0 Å². The van der Waals surface area contributed by atoms with Crippen LogP contribution in [0.4, 0.5) is 13.6 Å². The summed E-state index contributed by atoms with van der Waals surface area (Å²) in [7, 11) is 0. The number of nitrogens with zero attached hydrogens (tertiary/aromatic N) is 2. The lowest BCUT2D eigenvalue weighted by Crippen LogP contribution is -2.30. The average molecular weight is 190 g/mol. The van der Waals surface area contributed by atoms with E-state index < -0.39 is 24.5 Å². The fourth-order valence-corrected chi connectivity index (χ4v) is 1.32. The van der Waals surface area contributed by atoms with Crippen molar-refractivity contribution >= 4 is 6.09 Å². The largest absolute Gasteiger partial charge is 0.465 e. The Morgan fingerprint density at radius 2 is 2.38 bits per heavy atom. The van der Waals surface area contributed by atoms with Gasteiger partial charge in [0, 0.05) is 13.0 Å². The molecule has 1 amide bonds. The molecule has 1 aliphatic heterocycles. The van der Waals surface area contributed by atoms with Crippen LogP contribution in [-0.2, 0) is 0 Å². The fraction of sp³-hybridized carbons (Fsp3) is 0.714. The molecule has 0 aliphatic carbocycles. The van der Waals surface area contributed by atoms with Gasteiger partial charge < -0.3 is 10.0 Å². The maximum atomic E-state index is 13.0. The summed E-state index contributed by atoms with van der Waals surface area (Å²) in [5.74, 6) is -4.22. The molecule has 0 aromatic carbocycles. The van der Waals surface area contributed by atoms with Gasteiger partial charge in [0.25, 0.3) is 5.92 Å². The van der Waals surface area contributed by atoms with Gasteiger partial charge >= 0.3 is 6.09 Å². The van der Waals surface area contributed by atoms with E-state index in [2.05, 4.69) is 0 Å². The lowest BCUT2D eigenvalue weighted by Gasteiger charge is -2.12. The Morgan fingerprint density at radius 1 is 1.77 bits per heavy atom. The van der Waals surface area contributed by atoms with Gasteiger partial charge in [-0.25, -0.2) is 13.6 Å². The first kappa shape index (κ1) is 9.71. The van der Waals surface area contributed by atoms with Gasteiger partial charge in [-0.3, -0.25) is 0 Å². The monoisotopic (exact) mass is 190 g/mol. The van der Waals surface area contributed by atoms with E-state index >= 15 is 0 Å². The number of nitriles is 1. The molecule has 0 spiro atoms. The van der Waals surface area contributed by atoms with E-state index in [1.54, 1.807) is 6.07 Å². The Hall–Kier alpha value is -1.38. The zero-order chi connectivity index (χ0) is 10.1. The first-order valence-electron chi connectivity index (χ1n) is 3.70. The maximum Gasteiger partial charge on any atom is 0.407 e. The van der Waals surface area contributed by atoms with Gasteiger partial charge in [-0.1, -0.05) is 0 Å². The highest BCUT2D eigenvalue weighted by Crippen LogP contribution is 2.34. The van der Waals surface area contributed by atoms with Crippen molar-refractivity contribution < 1.29 is 18.7 Å². The first-order valence-corrected chi connectivity index (χ1v) is 3.70. The summed E-state index contributed by atoms with van der Waals surface area (Å²) in [6.45, 7) is -1.05. The Morgan fingerprint density at radius 3 is 2.77 bits per heavy atom. The third kappa shape index (κ3) is 1.86. The standard InChI is InChI=1S/C7H8F2N2O2/c8-7(9)4-11(6(12)13)3-5(7)1-2-10/h5H,1,3-4H2,(H,12,13)/t5-/m0/s1. The quantitative estimate of drug-likeness (QED) is 0.674. The molecule has 0 aromatic heterocycles. The highest BCUT2D eigenvalue weighted by molar-refractivity contribution is 5.65. The minimum Gasteiger partial charge on any atom is -0.465 e. The molecule has 1 atom stereocenters. The van der Waals surface area contributed by atoms with Gasteiger partial charge in [-0.2, -0.15) is 5.26 Å². The normalized spacial score (nSPS) is 25.6. The third-order valence-electron chi connectivity index (χ3n) is 2.05. The molecular formula is C7H8F2N2O2. The van der Waals surface area contributed by atoms with Gasteiger partial charge in [0.05, 0.1) is 18.5 Å². The molecular weight excluding hydrogens is 182 g/mol. The molecule has 1 N–H and O–H groups in total. The SMILES string of the molecule is N#CC[C@H]1CN(C(=O)O)CC1(F)F. The zero-order valence-electron chi connectivity index (χ0n) is 6.70. The number of hydrogen-bond donors (Lipinski definition) is 1. The summed E-state index contributed by atoms with van der Waals surface area (Å²) in [6.07, 6.45) is -1.67. The molecule has 1 fully saturated rings. The number of carbonyl (C=O) groups is 1. The Labute approximate surface area is 73.4 Å². The second-order valence-corrected chi connectivity index (χ2v) is 2.98. The van der Waals surface area contributed by atoms with Gasteiger partial charge in [0.1, 0.15) is 0 Å². The minimum absolute atomic E-state index is 0.254. The lowest BCUT2D eigenvalue weighted by atomic mass is 10.0. The molecule has 0 unspecified atom stereocenters. The van der Waals surface area contributed by atoms with Gasteiger partial charge in [0.15, 0.2) is 0 Å². The van der Waals surface area contributed by atoms with Crippen LogP contribution in [-0.4, -0.2) is 35.1 Å². The molecule has 72 valence electrons. The van der Waals surface area contributed by atoms with Crippen LogP contribution in [0.1, 0.15) is 6.42 Å². The minimum atomic E-state index is -3.06. The zero-order valence-corrected chi connectivity index (χ0v) is 6.70. The molecule has 1 heterocycles. The summed E-state index contributed by atoms with van der Waals surface area (Å²) in [6, 6.07) is 1.63. The van der Waals surface area contributed by atoms with Crippen molar-refractivity contribution in [3.63, 3.8) is 0 Å². The number of rotatable bonds is 1. The van der Waals surface area contributed by atoms with E-state index in [-0.39, 0.29) is 13.0 Å². The third-order valence-corrected chi connectivity index (χ3v) is 2.05. The van der Waals surface area contributed by atoms with Crippen molar-refractivity contribution in [2.24, 2.45) is 5.92 Å². The predicted octanol–water partition coefficient (Wildman–Crippen LogP) is 1.15. The molecule has 1 saturated heterocycles. The number of hydrogen-bond acceptors (Lipinski definition) is 2. The molecule has 0 radical (unpaired) electrons. The highest BCUT2D eigenvalue weighted by atomic mass is 19.3. The Kier molecular flexibility index (Phi) is 2.36. The van der Waals surface area contributed by atoms with Crippen LogP contribution in [0.3, 0.4) is 0 Å². The first-order chi connectivity index (χ1) is 5.97. The molecule has 0 bridgehead atoms. The number of halogens is 2. The number of amides is 1. The summed E-state index contributed by atoms with van der Waals surface area (Å²) in [5.41, 5.74) is 0. The van der Waals surface area contributed by atoms with Gasteiger partial charge in [0.2, 0.25) is 0 Å². The molecule has 0 aromatic rings. The maximum absolute atomic E-state index is 13.0. The molecule has 1 aliphatic rings.